The molecule has 0 saturated carbocycles. The van der Waals surface area contributed by atoms with Gasteiger partial charge in [-0.3, -0.25) is 4.79 Å². The largest absolute Gasteiger partial charge is 0.481 e. The van der Waals surface area contributed by atoms with Crippen molar-refractivity contribution < 1.29 is 23.5 Å². The van der Waals surface area contributed by atoms with Crippen LogP contribution in [0, 0.1) is 5.82 Å². The monoisotopic (exact) mass is 436 g/mol. The molecule has 8 heteroatoms. The maximum atomic E-state index is 12.9. The van der Waals surface area contributed by atoms with Gasteiger partial charge in [0.25, 0.3) is 0 Å². The Kier molecular flexibility index (Phi) is 7.94. The van der Waals surface area contributed by atoms with Crippen molar-refractivity contribution in [2.24, 2.45) is 5.10 Å². The van der Waals surface area contributed by atoms with Crippen molar-refractivity contribution in [3.8, 4) is 5.75 Å². The second-order valence-corrected chi connectivity index (χ2v) is 6.29. The highest BCUT2D eigenvalue weighted by Crippen LogP contribution is 2.21. The van der Waals surface area contributed by atoms with Gasteiger partial charge in [0.15, 0.2) is 6.61 Å². The number of hydrazone groups is 1. The number of carbonyl (C=O) groups excluding carboxylic acids is 2. The number of nitrogens with one attached hydrogen (secondary N) is 1. The second-order valence-electron chi connectivity index (χ2n) is 5.37. The lowest BCUT2D eigenvalue weighted by Gasteiger charge is -2.09. The van der Waals surface area contributed by atoms with Crippen molar-refractivity contribution in [3.63, 3.8) is 0 Å². The van der Waals surface area contributed by atoms with Crippen LogP contribution in [0.15, 0.2) is 52.0 Å². The predicted octanol–water partition coefficient (Wildman–Crippen LogP) is 3.22. The molecule has 0 heterocycles. The van der Waals surface area contributed by atoms with E-state index in [9.17, 15) is 14.0 Å². The summed E-state index contributed by atoms with van der Waals surface area (Å²) in [6.45, 7) is 1.76. The molecular formula is C19H18BrFN2O4. The number of carbonyl (C=O) groups is 2. The number of nitrogens with zero attached hydrogens (tertiary/aromatic N) is 1. The third-order valence-corrected chi connectivity index (χ3v) is 3.79. The number of esters is 1. The molecule has 2 aromatic rings. The van der Waals surface area contributed by atoms with Crippen LogP contribution in [0.4, 0.5) is 4.39 Å². The van der Waals surface area contributed by atoms with Gasteiger partial charge in [-0.25, -0.2) is 14.6 Å². The topological polar surface area (TPSA) is 77.0 Å². The van der Waals surface area contributed by atoms with Gasteiger partial charge in [0.2, 0.25) is 5.91 Å². The smallest absolute Gasteiger partial charge is 0.344 e. The first-order chi connectivity index (χ1) is 13.0. The molecule has 0 saturated heterocycles. The number of benzene rings is 2. The molecule has 0 aliphatic heterocycles. The van der Waals surface area contributed by atoms with E-state index in [1.165, 1.54) is 30.5 Å². The van der Waals surface area contributed by atoms with Gasteiger partial charge in [-0.15, -0.1) is 0 Å². The standard InChI is InChI=1S/C19H18BrFN2O4/c1-2-26-19(25)12-27-17-8-5-15(20)10-14(17)11-22-23-18(24)9-13-3-6-16(21)7-4-13/h3-8,10-11H,2,9,12H2,1H3,(H,23,24)/b22-11+. The fraction of sp³-hybridized carbons (Fsp3) is 0.211. The summed E-state index contributed by atoms with van der Waals surface area (Å²) in [5, 5.41) is 3.90. The Morgan fingerprint density at radius 3 is 2.67 bits per heavy atom. The van der Waals surface area contributed by atoms with E-state index in [0.29, 0.717) is 16.9 Å². The Morgan fingerprint density at radius 2 is 1.96 bits per heavy atom. The van der Waals surface area contributed by atoms with Crippen LogP contribution in [0.25, 0.3) is 0 Å². The maximum Gasteiger partial charge on any atom is 0.344 e. The van der Waals surface area contributed by atoms with Gasteiger partial charge in [-0.1, -0.05) is 28.1 Å². The molecule has 2 aromatic carbocycles. The van der Waals surface area contributed by atoms with Crippen LogP contribution in [0.2, 0.25) is 0 Å². The van der Waals surface area contributed by atoms with Crippen molar-refractivity contribution in [1.82, 2.24) is 5.43 Å². The molecule has 0 atom stereocenters. The minimum absolute atomic E-state index is 0.0717. The molecule has 2 rings (SSSR count). The Morgan fingerprint density at radius 1 is 1.22 bits per heavy atom. The van der Waals surface area contributed by atoms with Gasteiger partial charge in [0.1, 0.15) is 11.6 Å². The van der Waals surface area contributed by atoms with E-state index in [2.05, 4.69) is 26.5 Å². The Bertz CT molecular complexity index is 825. The first-order valence-corrected chi connectivity index (χ1v) is 8.91. The van der Waals surface area contributed by atoms with E-state index in [1.807, 2.05) is 0 Å². The van der Waals surface area contributed by atoms with Gasteiger partial charge in [0, 0.05) is 10.0 Å². The summed E-state index contributed by atoms with van der Waals surface area (Å²) in [6, 6.07) is 10.8. The summed E-state index contributed by atoms with van der Waals surface area (Å²) < 4.78 is 23.9. The lowest BCUT2D eigenvalue weighted by Crippen LogP contribution is -2.20. The highest BCUT2D eigenvalue weighted by atomic mass is 79.9. The molecule has 0 fully saturated rings. The van der Waals surface area contributed by atoms with Crippen LogP contribution in [-0.4, -0.2) is 31.3 Å². The second kappa shape index (κ2) is 10.4. The molecule has 0 aliphatic rings. The zero-order chi connectivity index (χ0) is 19.6. The lowest BCUT2D eigenvalue weighted by atomic mass is 10.1. The number of hydrogen-bond donors (Lipinski definition) is 1. The van der Waals surface area contributed by atoms with Gasteiger partial charge >= 0.3 is 5.97 Å². The number of halogens is 2. The van der Waals surface area contributed by atoms with Crippen molar-refractivity contribution in [2.45, 2.75) is 13.3 Å². The highest BCUT2D eigenvalue weighted by molar-refractivity contribution is 9.10. The molecule has 142 valence electrons. The zero-order valence-corrected chi connectivity index (χ0v) is 16.2. The van der Waals surface area contributed by atoms with Gasteiger partial charge in [-0.05, 0) is 42.8 Å². The molecule has 6 nitrogen and oxygen atoms in total. The average molecular weight is 437 g/mol. The quantitative estimate of drug-likeness (QED) is 0.391. The van der Waals surface area contributed by atoms with Crippen LogP contribution in [0.5, 0.6) is 5.75 Å². The van der Waals surface area contributed by atoms with E-state index in [4.69, 9.17) is 9.47 Å². The molecule has 0 aromatic heterocycles. The van der Waals surface area contributed by atoms with Crippen LogP contribution in [0.3, 0.4) is 0 Å². The molecule has 1 N–H and O–H groups in total. The molecule has 0 bridgehead atoms. The molecule has 1 amide bonds. The van der Waals surface area contributed by atoms with Crippen LogP contribution < -0.4 is 10.2 Å². The Balaban J connectivity index is 1.96. The number of amides is 1. The predicted molar refractivity (Wildman–Crippen MR) is 102 cm³/mol. The molecular weight excluding hydrogens is 419 g/mol. The summed E-state index contributed by atoms with van der Waals surface area (Å²) >= 11 is 3.35. The first-order valence-electron chi connectivity index (χ1n) is 8.12. The normalized spacial score (nSPS) is 10.6. The average Bonchev–Trinajstić information content (AvgIpc) is 2.63. The van der Waals surface area contributed by atoms with E-state index in [0.717, 1.165) is 4.47 Å². The fourth-order valence-electron chi connectivity index (χ4n) is 2.09. The summed E-state index contributed by atoms with van der Waals surface area (Å²) in [5.74, 6) is -0.761. The Hall–Kier alpha value is -2.74. The van der Waals surface area contributed by atoms with Crippen LogP contribution in [-0.2, 0) is 20.7 Å². The fourth-order valence-corrected chi connectivity index (χ4v) is 2.47. The van der Waals surface area contributed by atoms with Crippen molar-refractivity contribution in [3.05, 3.63) is 63.9 Å². The van der Waals surface area contributed by atoms with Gasteiger partial charge in [0.05, 0.1) is 19.2 Å². The molecule has 0 aliphatic carbocycles. The van der Waals surface area contributed by atoms with Crippen LogP contribution in [0.1, 0.15) is 18.1 Å². The SMILES string of the molecule is CCOC(=O)COc1ccc(Br)cc1/C=N/NC(=O)Cc1ccc(F)cc1. The van der Waals surface area contributed by atoms with Crippen molar-refractivity contribution in [1.29, 1.82) is 0 Å². The maximum absolute atomic E-state index is 12.9. The molecule has 0 radical (unpaired) electrons. The third-order valence-electron chi connectivity index (χ3n) is 3.29. The van der Waals surface area contributed by atoms with E-state index >= 15 is 0 Å². The van der Waals surface area contributed by atoms with E-state index < -0.39 is 5.97 Å². The molecule has 0 spiro atoms. The minimum Gasteiger partial charge on any atom is -0.481 e. The number of hydrogen-bond acceptors (Lipinski definition) is 5. The summed E-state index contributed by atoms with van der Waals surface area (Å²) in [5.41, 5.74) is 3.64. The highest BCUT2D eigenvalue weighted by Gasteiger charge is 2.08. The zero-order valence-electron chi connectivity index (χ0n) is 14.6. The summed E-state index contributed by atoms with van der Waals surface area (Å²) in [6.07, 6.45) is 1.48. The summed E-state index contributed by atoms with van der Waals surface area (Å²) in [7, 11) is 0. The third kappa shape index (κ3) is 7.18. The number of ether oxygens (including phenoxy) is 2. The van der Waals surface area contributed by atoms with E-state index in [-0.39, 0.29) is 31.4 Å². The molecule has 0 unspecified atom stereocenters. The van der Waals surface area contributed by atoms with Crippen molar-refractivity contribution >= 4 is 34.0 Å². The Labute approximate surface area is 164 Å². The number of rotatable bonds is 8. The van der Waals surface area contributed by atoms with Gasteiger partial charge < -0.3 is 9.47 Å². The lowest BCUT2D eigenvalue weighted by molar-refractivity contribution is -0.145. The first kappa shape index (κ1) is 20.6. The minimum atomic E-state index is -0.476. The van der Waals surface area contributed by atoms with Gasteiger partial charge in [-0.2, -0.15) is 5.10 Å². The van der Waals surface area contributed by atoms with Crippen molar-refractivity contribution in [2.75, 3.05) is 13.2 Å². The molecule has 27 heavy (non-hydrogen) atoms. The van der Waals surface area contributed by atoms with E-state index in [1.54, 1.807) is 25.1 Å². The summed E-state index contributed by atoms with van der Waals surface area (Å²) in [4.78, 5) is 23.3. The van der Waals surface area contributed by atoms with Crippen LogP contribution >= 0.6 is 15.9 Å².